The van der Waals surface area contributed by atoms with Gasteiger partial charge in [-0.15, -0.1) is 0 Å². The molecule has 0 spiro atoms. The van der Waals surface area contributed by atoms with Crippen molar-refractivity contribution in [2.24, 2.45) is 11.7 Å². The van der Waals surface area contributed by atoms with Crippen molar-refractivity contribution < 1.29 is 19.1 Å². The molecule has 1 aliphatic heterocycles. The number of carbonyl (C=O) groups is 3. The number of morpholine rings is 1. The van der Waals surface area contributed by atoms with E-state index in [1.165, 1.54) is 0 Å². The first-order valence-corrected chi connectivity index (χ1v) is 8.92. The van der Waals surface area contributed by atoms with Crippen LogP contribution in [0.15, 0.2) is 24.3 Å². The highest BCUT2D eigenvalue weighted by Crippen LogP contribution is 2.15. The molecule has 1 fully saturated rings. The molecule has 4 amide bonds. The minimum Gasteiger partial charge on any atom is -0.379 e. The fourth-order valence-electron chi connectivity index (χ4n) is 2.71. The van der Waals surface area contributed by atoms with Gasteiger partial charge < -0.3 is 26.4 Å². The van der Waals surface area contributed by atoms with E-state index in [2.05, 4.69) is 16.0 Å². The molecular formula is C18H27N5O4. The number of nitrogens with two attached hydrogens (primary N) is 1. The van der Waals surface area contributed by atoms with Gasteiger partial charge in [-0.2, -0.15) is 0 Å². The smallest absolute Gasteiger partial charge is 0.312 e. The predicted molar refractivity (Wildman–Crippen MR) is 102 cm³/mol. The summed E-state index contributed by atoms with van der Waals surface area (Å²) in [7, 11) is 0. The van der Waals surface area contributed by atoms with Crippen molar-refractivity contribution in [2.45, 2.75) is 19.9 Å². The third-order valence-corrected chi connectivity index (χ3v) is 4.15. The molecule has 0 saturated carbocycles. The number of benzene rings is 1. The lowest BCUT2D eigenvalue weighted by Gasteiger charge is -2.25. The minimum atomic E-state index is -0.748. The number of ether oxygens (including phenoxy) is 1. The Hall–Kier alpha value is -2.65. The van der Waals surface area contributed by atoms with Gasteiger partial charge in [0.1, 0.15) is 6.04 Å². The zero-order chi connectivity index (χ0) is 19.8. The van der Waals surface area contributed by atoms with Crippen LogP contribution in [0.3, 0.4) is 0 Å². The molecule has 9 nitrogen and oxygen atoms in total. The van der Waals surface area contributed by atoms with Crippen LogP contribution in [-0.4, -0.2) is 61.6 Å². The molecule has 0 radical (unpaired) electrons. The number of urea groups is 1. The quantitative estimate of drug-likeness (QED) is 0.553. The highest BCUT2D eigenvalue weighted by atomic mass is 16.5. The summed E-state index contributed by atoms with van der Waals surface area (Å²) < 4.78 is 5.26. The number of hydrogen-bond acceptors (Lipinski definition) is 5. The van der Waals surface area contributed by atoms with Crippen molar-refractivity contribution in [1.29, 1.82) is 0 Å². The maximum Gasteiger partial charge on any atom is 0.312 e. The van der Waals surface area contributed by atoms with Crippen LogP contribution in [0.1, 0.15) is 13.8 Å². The number of hydrogen-bond donors (Lipinski definition) is 4. The van der Waals surface area contributed by atoms with Crippen molar-refractivity contribution in [1.82, 2.24) is 10.2 Å². The van der Waals surface area contributed by atoms with Crippen molar-refractivity contribution in [3.8, 4) is 0 Å². The topological polar surface area (TPSA) is 126 Å². The summed E-state index contributed by atoms with van der Waals surface area (Å²) in [6.45, 7) is 6.72. The predicted octanol–water partition coefficient (Wildman–Crippen LogP) is 0.589. The molecule has 0 unspecified atom stereocenters. The highest BCUT2D eigenvalue weighted by Gasteiger charge is 2.23. The molecule has 2 rings (SSSR count). The molecule has 5 N–H and O–H groups in total. The Morgan fingerprint density at radius 2 is 1.63 bits per heavy atom. The van der Waals surface area contributed by atoms with Crippen molar-refractivity contribution in [2.75, 3.05) is 43.5 Å². The van der Waals surface area contributed by atoms with Gasteiger partial charge in [0.15, 0.2) is 0 Å². The molecule has 0 bridgehead atoms. The van der Waals surface area contributed by atoms with Crippen LogP contribution in [0.4, 0.5) is 16.2 Å². The second-order valence-electron chi connectivity index (χ2n) is 6.73. The van der Waals surface area contributed by atoms with Crippen LogP contribution < -0.4 is 21.7 Å². The molecule has 1 atom stereocenters. The zero-order valence-electron chi connectivity index (χ0n) is 15.7. The van der Waals surface area contributed by atoms with Crippen molar-refractivity contribution >= 4 is 29.2 Å². The first-order valence-electron chi connectivity index (χ1n) is 8.92. The Morgan fingerprint density at radius 3 is 2.15 bits per heavy atom. The fourth-order valence-corrected chi connectivity index (χ4v) is 2.71. The van der Waals surface area contributed by atoms with E-state index < -0.39 is 12.1 Å². The average Bonchev–Trinajstić information content (AvgIpc) is 2.61. The monoisotopic (exact) mass is 377 g/mol. The van der Waals surface area contributed by atoms with Crippen LogP contribution in [0.5, 0.6) is 0 Å². The number of amides is 4. The maximum atomic E-state index is 12.3. The van der Waals surface area contributed by atoms with Gasteiger partial charge in [0.2, 0.25) is 11.8 Å². The molecule has 0 aliphatic carbocycles. The average molecular weight is 377 g/mol. The third-order valence-electron chi connectivity index (χ3n) is 4.15. The van der Waals surface area contributed by atoms with Crippen LogP contribution in [-0.2, 0) is 14.3 Å². The van der Waals surface area contributed by atoms with E-state index in [9.17, 15) is 14.4 Å². The van der Waals surface area contributed by atoms with E-state index >= 15 is 0 Å². The highest BCUT2D eigenvalue weighted by molar-refractivity contribution is 5.97. The number of primary amides is 1. The lowest BCUT2D eigenvalue weighted by Crippen LogP contribution is -2.49. The summed E-state index contributed by atoms with van der Waals surface area (Å²) in [6.07, 6.45) is 0. The normalized spacial score (nSPS) is 15.8. The summed E-state index contributed by atoms with van der Waals surface area (Å²) in [5.41, 5.74) is 6.31. The molecule has 27 heavy (non-hydrogen) atoms. The first kappa shape index (κ1) is 20.7. The SMILES string of the molecule is CC(C)[C@@H](NC(N)=O)C(=O)Nc1ccc(NC(=O)CN2CCOCC2)cc1. The maximum absolute atomic E-state index is 12.3. The Labute approximate surface area is 158 Å². The summed E-state index contributed by atoms with van der Waals surface area (Å²) in [6, 6.07) is 5.31. The number of nitrogens with zero attached hydrogens (tertiary/aromatic N) is 1. The number of anilines is 2. The summed E-state index contributed by atoms with van der Waals surface area (Å²) in [5.74, 6) is -0.566. The summed E-state index contributed by atoms with van der Waals surface area (Å²) in [4.78, 5) is 37.5. The van der Waals surface area contributed by atoms with Gasteiger partial charge in [-0.05, 0) is 30.2 Å². The van der Waals surface area contributed by atoms with Crippen molar-refractivity contribution in [3.63, 3.8) is 0 Å². The van der Waals surface area contributed by atoms with E-state index in [1.54, 1.807) is 24.3 Å². The van der Waals surface area contributed by atoms with E-state index in [0.717, 1.165) is 13.1 Å². The first-order chi connectivity index (χ1) is 12.8. The number of carbonyl (C=O) groups excluding carboxylic acids is 3. The molecule has 1 saturated heterocycles. The molecule has 1 aromatic carbocycles. The lowest BCUT2D eigenvalue weighted by molar-refractivity contribution is -0.119. The fraction of sp³-hybridized carbons (Fsp3) is 0.500. The van der Waals surface area contributed by atoms with E-state index in [0.29, 0.717) is 31.1 Å². The van der Waals surface area contributed by atoms with Gasteiger partial charge in [0.05, 0.1) is 19.8 Å². The van der Waals surface area contributed by atoms with Gasteiger partial charge in [0.25, 0.3) is 0 Å². The Bertz CT molecular complexity index is 656. The Balaban J connectivity index is 1.87. The van der Waals surface area contributed by atoms with Crippen LogP contribution in [0, 0.1) is 5.92 Å². The van der Waals surface area contributed by atoms with Crippen LogP contribution >= 0.6 is 0 Å². The lowest BCUT2D eigenvalue weighted by atomic mass is 10.0. The molecule has 1 aliphatic rings. The van der Waals surface area contributed by atoms with Crippen LogP contribution in [0.2, 0.25) is 0 Å². The second kappa shape index (κ2) is 9.89. The van der Waals surface area contributed by atoms with Gasteiger partial charge in [0, 0.05) is 24.5 Å². The molecule has 148 valence electrons. The van der Waals surface area contributed by atoms with E-state index in [4.69, 9.17) is 10.5 Å². The van der Waals surface area contributed by atoms with Crippen molar-refractivity contribution in [3.05, 3.63) is 24.3 Å². The van der Waals surface area contributed by atoms with E-state index in [-0.39, 0.29) is 17.7 Å². The second-order valence-corrected chi connectivity index (χ2v) is 6.73. The minimum absolute atomic E-state index is 0.0979. The molecule has 0 aromatic heterocycles. The molecule has 9 heteroatoms. The third kappa shape index (κ3) is 6.87. The Morgan fingerprint density at radius 1 is 1.07 bits per heavy atom. The Kier molecular flexibility index (Phi) is 7.56. The molecule has 1 aromatic rings. The number of nitrogens with one attached hydrogen (secondary N) is 3. The van der Waals surface area contributed by atoms with E-state index in [1.807, 2.05) is 18.7 Å². The zero-order valence-corrected chi connectivity index (χ0v) is 15.7. The summed E-state index contributed by atoms with van der Waals surface area (Å²) >= 11 is 0. The standard InChI is InChI=1S/C18H27N5O4/c1-12(2)16(22-18(19)26)17(25)21-14-5-3-13(4-6-14)20-15(24)11-23-7-9-27-10-8-23/h3-6,12,16H,7-11H2,1-2H3,(H,20,24)(H,21,25)(H3,19,22,26)/t16-/m1/s1. The van der Waals surface area contributed by atoms with Gasteiger partial charge in [-0.3, -0.25) is 14.5 Å². The largest absolute Gasteiger partial charge is 0.379 e. The van der Waals surface area contributed by atoms with Gasteiger partial charge in [-0.25, -0.2) is 4.79 Å². The summed E-state index contributed by atoms with van der Waals surface area (Å²) in [5, 5.41) is 7.99. The molecular weight excluding hydrogens is 350 g/mol. The van der Waals surface area contributed by atoms with Gasteiger partial charge >= 0.3 is 6.03 Å². The van der Waals surface area contributed by atoms with Gasteiger partial charge in [-0.1, -0.05) is 13.8 Å². The number of rotatable bonds is 7. The van der Waals surface area contributed by atoms with Crippen LogP contribution in [0.25, 0.3) is 0 Å². The molecule has 1 heterocycles.